The summed E-state index contributed by atoms with van der Waals surface area (Å²) in [5, 5.41) is 38.4. The van der Waals surface area contributed by atoms with Crippen molar-refractivity contribution in [3.63, 3.8) is 0 Å². The normalized spacial score (nSPS) is 29.3. The Morgan fingerprint density at radius 2 is 1.83 bits per heavy atom. The minimum absolute atomic E-state index is 0.0205. The average molecular weight is 802 g/mol. The summed E-state index contributed by atoms with van der Waals surface area (Å²) in [4.78, 5) is 26.8. The molecule has 4 fully saturated rings. The van der Waals surface area contributed by atoms with Crippen molar-refractivity contribution in [1.82, 2.24) is 34.8 Å². The number of aliphatic hydroxyl groups is 1. The number of aliphatic hydroxyl groups excluding tert-OH is 1. The van der Waals surface area contributed by atoms with Crippen LogP contribution in [0, 0.1) is 40.9 Å². The topological polar surface area (TPSA) is 145 Å². The first-order chi connectivity index (χ1) is 27.8. The number of benzene rings is 1. The first kappa shape index (κ1) is 37.8. The zero-order valence-electron chi connectivity index (χ0n) is 34.4. The molecule has 1 aromatic carbocycles. The smallest absolute Gasteiger partial charge is 0.355 e. The number of pyridine rings is 1. The Morgan fingerprint density at radius 1 is 0.983 bits per heavy atom. The number of nitrogens with zero attached hydrogens (tertiary/aromatic N) is 8. The number of hydrogen-bond acceptors (Lipinski definition) is 11. The summed E-state index contributed by atoms with van der Waals surface area (Å²) < 4.78 is 3.28. The van der Waals surface area contributed by atoms with Crippen LogP contribution < -0.4 is 10.2 Å². The zero-order chi connectivity index (χ0) is 40.2. The van der Waals surface area contributed by atoms with Crippen molar-refractivity contribution in [1.29, 1.82) is 0 Å². The monoisotopic (exact) mass is 801 g/mol. The number of carboxylic acid groups (broad SMARTS) is 1. The van der Waals surface area contributed by atoms with Crippen molar-refractivity contribution >= 4 is 50.1 Å². The molecule has 4 saturated carbocycles. The van der Waals surface area contributed by atoms with Crippen LogP contribution in [0.15, 0.2) is 42.6 Å². The van der Waals surface area contributed by atoms with Gasteiger partial charge in [0.15, 0.2) is 22.5 Å². The summed E-state index contributed by atoms with van der Waals surface area (Å²) in [7, 11) is 2.13. The Balaban J connectivity index is 0.899. The van der Waals surface area contributed by atoms with Gasteiger partial charge in [-0.15, -0.1) is 10.2 Å². The van der Waals surface area contributed by atoms with Gasteiger partial charge in [-0.3, -0.25) is 4.68 Å². The Morgan fingerprint density at radius 3 is 2.64 bits per heavy atom. The number of carboxylic acids is 1. The molecule has 3 N–H and O–H groups in total. The molecular weight excluding hydrogens is 747 g/mol. The van der Waals surface area contributed by atoms with E-state index in [1.165, 1.54) is 51.4 Å². The number of aromatic carboxylic acids is 1. The molecule has 5 aromatic rings. The minimum Gasteiger partial charge on any atom is -0.476 e. The first-order valence-corrected chi connectivity index (χ1v) is 21.9. The SMILES string of the molecule is Cc1c(Nc2nc3ccccc3s2)nnc2c1CCCN2c1ccc(-c2cnn(CC34CC5(C)CC6(CCCN(C)CCO)CC(C)(C3)C6(C5)C4)c2C)c(C(=O)O)n1. The lowest BCUT2D eigenvalue weighted by Gasteiger charge is -2.66. The largest absolute Gasteiger partial charge is 0.476 e. The van der Waals surface area contributed by atoms with E-state index in [0.717, 1.165) is 70.2 Å². The van der Waals surface area contributed by atoms with Crippen LogP contribution in [0.5, 0.6) is 0 Å². The fourth-order valence-corrected chi connectivity index (χ4v) is 14.8. The van der Waals surface area contributed by atoms with E-state index >= 15 is 0 Å². The Bertz CT molecular complexity index is 2430. The van der Waals surface area contributed by atoms with Gasteiger partial charge < -0.3 is 25.3 Å². The van der Waals surface area contributed by atoms with E-state index in [0.29, 0.717) is 51.2 Å². The molecule has 1 spiro atoms. The predicted octanol–water partition coefficient (Wildman–Crippen LogP) is 8.56. The van der Waals surface area contributed by atoms with Crippen molar-refractivity contribution in [3.8, 4) is 11.1 Å². The molecule has 5 heterocycles. The van der Waals surface area contributed by atoms with E-state index in [2.05, 4.69) is 65.9 Å². The van der Waals surface area contributed by atoms with Crippen LogP contribution in [0.2, 0.25) is 0 Å². The molecule has 58 heavy (non-hydrogen) atoms. The molecule has 12 nitrogen and oxygen atoms in total. The van der Waals surface area contributed by atoms with Gasteiger partial charge in [0.05, 0.1) is 23.0 Å². The Hall–Kier alpha value is -4.46. The number of hydrogen-bond donors (Lipinski definition) is 3. The highest BCUT2D eigenvalue weighted by Crippen LogP contribution is 2.92. The highest BCUT2D eigenvalue weighted by molar-refractivity contribution is 7.22. The zero-order valence-corrected chi connectivity index (χ0v) is 35.3. The second kappa shape index (κ2) is 13.3. The summed E-state index contributed by atoms with van der Waals surface area (Å²) in [6, 6.07) is 11.9. The summed E-state index contributed by atoms with van der Waals surface area (Å²) in [5.41, 5.74) is 7.16. The third-order valence-electron chi connectivity index (χ3n) is 15.5. The van der Waals surface area contributed by atoms with Crippen LogP contribution in [0.4, 0.5) is 22.6 Å². The van der Waals surface area contributed by atoms with E-state index in [1.54, 1.807) is 11.3 Å². The first-order valence-electron chi connectivity index (χ1n) is 21.1. The molecule has 0 amide bonds. The number of fused-ring (bicyclic) bond motifs is 4. The molecule has 0 saturated heterocycles. The summed E-state index contributed by atoms with van der Waals surface area (Å²) in [6.07, 6.45) is 13.8. The molecule has 5 unspecified atom stereocenters. The summed E-state index contributed by atoms with van der Waals surface area (Å²) in [5.74, 6) is 0.876. The number of para-hydroxylation sites is 1. The fraction of sp³-hybridized carbons (Fsp3) is 0.556. The van der Waals surface area contributed by atoms with Gasteiger partial charge in [0.2, 0.25) is 0 Å². The number of thiazole rings is 1. The van der Waals surface area contributed by atoms with Crippen LogP contribution in [-0.2, 0) is 13.0 Å². The van der Waals surface area contributed by atoms with Crippen molar-refractivity contribution in [3.05, 3.63) is 65.1 Å². The number of anilines is 4. The van der Waals surface area contributed by atoms with E-state index in [-0.39, 0.29) is 17.7 Å². The van der Waals surface area contributed by atoms with Gasteiger partial charge in [-0.2, -0.15) is 5.10 Å². The van der Waals surface area contributed by atoms with Gasteiger partial charge in [0.25, 0.3) is 0 Å². The maximum Gasteiger partial charge on any atom is 0.355 e. The lowest BCUT2D eigenvalue weighted by molar-refractivity contribution is -0.174. The van der Waals surface area contributed by atoms with E-state index in [9.17, 15) is 15.0 Å². The summed E-state index contributed by atoms with van der Waals surface area (Å²) >= 11 is 1.58. The molecule has 3 bridgehead atoms. The number of nitrogens with one attached hydrogen (secondary N) is 1. The molecular formula is C45H55N9O3S. The molecule has 10 rings (SSSR count). The van der Waals surface area contributed by atoms with Gasteiger partial charge in [0.1, 0.15) is 5.82 Å². The second-order valence-electron chi connectivity index (χ2n) is 19.4. The summed E-state index contributed by atoms with van der Waals surface area (Å²) in [6.45, 7) is 12.8. The number of aromatic nitrogens is 6. The van der Waals surface area contributed by atoms with Gasteiger partial charge in [-0.05, 0) is 143 Å². The Kier molecular flexibility index (Phi) is 8.65. The number of likely N-dealkylation sites (N-methyl/N-ethyl adjacent to an activating group) is 1. The molecule has 13 heteroatoms. The van der Waals surface area contributed by atoms with Gasteiger partial charge in [-0.1, -0.05) is 37.3 Å². The standard InChI is InChI=1S/C45H55N9O3S/c1-28-30-10-8-17-53(38(30)51-50-37(28)49-40-47-33-11-6-7-12-34(33)58-40)35-14-13-31(36(48-35)39(56)57)32-20-46-54(29(32)2)27-43-21-41(3)22-44(15-9-16-52(5)18-19-55)25-42(4,24-43)45(44,23-41)26-43/h6-7,11-14,20,55H,8-10,15-19,21-27H2,1-5H3,(H,56,57)(H,47,49,50). The third kappa shape index (κ3) is 5.66. The van der Waals surface area contributed by atoms with Crippen LogP contribution in [-0.4, -0.2) is 84.3 Å². The molecule has 1 aliphatic heterocycles. The number of rotatable bonds is 13. The van der Waals surface area contributed by atoms with Crippen LogP contribution >= 0.6 is 11.3 Å². The lowest BCUT2D eigenvalue weighted by Crippen LogP contribution is -2.58. The van der Waals surface area contributed by atoms with E-state index in [4.69, 9.17) is 15.1 Å². The van der Waals surface area contributed by atoms with Gasteiger partial charge in [-0.25, -0.2) is 14.8 Å². The maximum absolute atomic E-state index is 13.0. The van der Waals surface area contributed by atoms with Crippen LogP contribution in [0.1, 0.15) is 98.9 Å². The van der Waals surface area contributed by atoms with Crippen molar-refractivity contribution in [2.75, 3.05) is 43.5 Å². The minimum atomic E-state index is -1.06. The Labute approximate surface area is 344 Å². The van der Waals surface area contributed by atoms with Crippen molar-refractivity contribution in [2.45, 2.75) is 98.4 Å². The number of carbonyl (C=O) groups is 1. The van der Waals surface area contributed by atoms with Gasteiger partial charge in [0, 0.05) is 47.6 Å². The highest BCUT2D eigenvalue weighted by atomic mass is 32.1. The molecule has 4 aromatic heterocycles. The molecule has 304 valence electrons. The molecule has 5 aliphatic rings. The van der Waals surface area contributed by atoms with Crippen molar-refractivity contribution < 1.29 is 15.0 Å². The quantitative estimate of drug-likeness (QED) is 0.105. The van der Waals surface area contributed by atoms with Crippen LogP contribution in [0.25, 0.3) is 21.3 Å². The average Bonchev–Trinajstić information content (AvgIpc) is 3.84. The van der Waals surface area contributed by atoms with Crippen molar-refractivity contribution in [2.24, 2.45) is 27.1 Å². The maximum atomic E-state index is 13.0. The van der Waals surface area contributed by atoms with Crippen LogP contribution in [0.3, 0.4) is 0 Å². The van der Waals surface area contributed by atoms with Gasteiger partial charge >= 0.3 is 5.97 Å². The third-order valence-corrected chi connectivity index (χ3v) is 16.4. The molecule has 5 atom stereocenters. The molecule has 4 aliphatic carbocycles. The highest BCUT2D eigenvalue weighted by Gasteiger charge is 2.83. The van der Waals surface area contributed by atoms with E-state index < -0.39 is 5.97 Å². The molecule has 0 radical (unpaired) electrons. The van der Waals surface area contributed by atoms with E-state index in [1.807, 2.05) is 41.4 Å². The fourth-order valence-electron chi connectivity index (χ4n) is 13.9. The second-order valence-corrected chi connectivity index (χ2v) is 20.5. The predicted molar refractivity (Wildman–Crippen MR) is 227 cm³/mol. The lowest BCUT2D eigenvalue weighted by atomic mass is 9.38.